The Morgan fingerprint density at radius 2 is 0.893 bits per heavy atom. The van der Waals surface area contributed by atoms with Crippen molar-refractivity contribution in [1.29, 1.82) is 0 Å². The highest BCUT2D eigenvalue weighted by Gasteiger charge is 2.16. The molecule has 2 nitrogen and oxygen atoms in total. The third-order valence-corrected chi connectivity index (χ3v) is 11.3. The van der Waals surface area contributed by atoms with E-state index in [1.54, 1.807) is 0 Å². The molecule has 0 N–H and O–H groups in total. The first-order valence-corrected chi connectivity index (χ1v) is 19.3. The Morgan fingerprint density at radius 3 is 1.71 bits per heavy atom. The van der Waals surface area contributed by atoms with Crippen LogP contribution in [0.5, 0.6) is 0 Å². The van der Waals surface area contributed by atoms with Crippen LogP contribution in [0.2, 0.25) is 0 Å². The number of anilines is 3. The van der Waals surface area contributed by atoms with Gasteiger partial charge < -0.3 is 9.47 Å². The fraction of sp³-hybridized carbons (Fsp3) is 0. The van der Waals surface area contributed by atoms with Crippen LogP contribution in [0, 0.1) is 0 Å². The van der Waals surface area contributed by atoms with E-state index in [1.165, 1.54) is 76.4 Å². The third-order valence-electron chi connectivity index (χ3n) is 11.3. The molecule has 11 rings (SSSR count). The van der Waals surface area contributed by atoms with E-state index >= 15 is 0 Å². The number of para-hydroxylation sites is 2. The van der Waals surface area contributed by atoms with Crippen molar-refractivity contribution in [2.45, 2.75) is 0 Å². The molecule has 0 spiro atoms. The normalized spacial score (nSPS) is 11.6. The summed E-state index contributed by atoms with van der Waals surface area (Å²) in [6, 6.07) is 79.4. The van der Waals surface area contributed by atoms with Crippen molar-refractivity contribution in [1.82, 2.24) is 4.57 Å². The molecule has 0 amide bonds. The van der Waals surface area contributed by atoms with Crippen molar-refractivity contribution in [3.05, 3.63) is 218 Å². The van der Waals surface area contributed by atoms with E-state index in [9.17, 15) is 0 Å². The molecule has 0 saturated carbocycles. The van der Waals surface area contributed by atoms with E-state index < -0.39 is 0 Å². The Morgan fingerprint density at radius 1 is 0.304 bits per heavy atom. The lowest BCUT2D eigenvalue weighted by atomic mass is 9.98. The topological polar surface area (TPSA) is 8.17 Å². The number of hydrogen-bond donors (Lipinski definition) is 0. The number of benzene rings is 10. The van der Waals surface area contributed by atoms with E-state index in [-0.39, 0.29) is 0 Å². The lowest BCUT2D eigenvalue weighted by Gasteiger charge is -2.26. The van der Waals surface area contributed by atoms with Gasteiger partial charge in [0.2, 0.25) is 0 Å². The van der Waals surface area contributed by atoms with Gasteiger partial charge in [0.1, 0.15) is 0 Å². The van der Waals surface area contributed by atoms with Crippen molar-refractivity contribution in [2.24, 2.45) is 0 Å². The quantitative estimate of drug-likeness (QED) is 0.167. The van der Waals surface area contributed by atoms with Gasteiger partial charge in [0.25, 0.3) is 0 Å². The molecule has 2 heteroatoms. The number of aromatic nitrogens is 1. The van der Waals surface area contributed by atoms with Gasteiger partial charge in [-0.3, -0.25) is 0 Å². The zero-order chi connectivity index (χ0) is 37.0. The van der Waals surface area contributed by atoms with Gasteiger partial charge in [0.15, 0.2) is 0 Å². The van der Waals surface area contributed by atoms with Crippen LogP contribution < -0.4 is 4.90 Å². The highest BCUT2D eigenvalue weighted by atomic mass is 15.1. The van der Waals surface area contributed by atoms with Gasteiger partial charge >= 0.3 is 0 Å². The lowest BCUT2D eigenvalue weighted by Crippen LogP contribution is -2.09. The molecule has 11 aromatic rings. The number of nitrogens with zero attached hydrogens (tertiary/aromatic N) is 2. The minimum atomic E-state index is 1.11. The summed E-state index contributed by atoms with van der Waals surface area (Å²) in [4.78, 5) is 2.35. The van der Waals surface area contributed by atoms with Crippen LogP contribution in [0.3, 0.4) is 0 Å². The van der Waals surface area contributed by atoms with Gasteiger partial charge in [-0.25, -0.2) is 0 Å². The molecule has 0 aliphatic rings. The van der Waals surface area contributed by atoms with E-state index in [0.29, 0.717) is 0 Å². The summed E-state index contributed by atoms with van der Waals surface area (Å²) in [5, 5.41) is 10.00. The molecule has 0 aliphatic carbocycles. The molecule has 0 radical (unpaired) electrons. The van der Waals surface area contributed by atoms with Crippen LogP contribution >= 0.6 is 0 Å². The second-order valence-electron chi connectivity index (χ2n) is 14.6. The first kappa shape index (κ1) is 32.0. The van der Waals surface area contributed by atoms with Gasteiger partial charge in [-0.15, -0.1) is 0 Å². The molecular weight excluding hydrogens is 677 g/mol. The summed E-state index contributed by atoms with van der Waals surface area (Å²) >= 11 is 0. The van der Waals surface area contributed by atoms with Crippen LogP contribution in [-0.2, 0) is 0 Å². The summed E-state index contributed by atoms with van der Waals surface area (Å²) in [5.41, 5.74) is 11.8. The van der Waals surface area contributed by atoms with E-state index in [1.807, 2.05) is 0 Å². The predicted molar refractivity (Wildman–Crippen MR) is 239 cm³/mol. The third kappa shape index (κ3) is 5.34. The van der Waals surface area contributed by atoms with Crippen molar-refractivity contribution in [2.75, 3.05) is 4.90 Å². The monoisotopic (exact) mass is 712 g/mol. The molecule has 0 bridgehead atoms. The molecule has 1 heterocycles. The summed E-state index contributed by atoms with van der Waals surface area (Å²) in [6.07, 6.45) is 0. The minimum Gasteiger partial charge on any atom is -0.310 e. The predicted octanol–water partition coefficient (Wildman–Crippen LogP) is 15.0. The Labute approximate surface area is 325 Å². The lowest BCUT2D eigenvalue weighted by molar-refractivity contribution is 1.19. The Kier molecular flexibility index (Phi) is 7.53. The maximum absolute atomic E-state index is 2.43. The van der Waals surface area contributed by atoms with Gasteiger partial charge in [0, 0.05) is 38.9 Å². The first-order valence-electron chi connectivity index (χ1n) is 19.3. The summed E-state index contributed by atoms with van der Waals surface area (Å²) < 4.78 is 2.43. The molecule has 10 aromatic carbocycles. The highest BCUT2D eigenvalue weighted by Crippen LogP contribution is 2.40. The Bertz CT molecular complexity index is 3220. The molecule has 262 valence electrons. The molecule has 0 aliphatic heterocycles. The average Bonchev–Trinajstić information content (AvgIpc) is 3.62. The van der Waals surface area contributed by atoms with Crippen LogP contribution in [0.15, 0.2) is 218 Å². The van der Waals surface area contributed by atoms with Gasteiger partial charge in [-0.2, -0.15) is 0 Å². The standard InChI is InChI=1S/C54H36N2/c1-2-14-44(15-3-1)55(45-31-26-41(27-32-45)49-19-10-13-39-11-4-6-16-48(39)49)47-33-25-38-21-22-42(35-43(38)36-47)37-23-29-46(30-24-37)56-53-20-9-8-18-51(53)52-34-28-40-12-5-7-17-50(40)54(52)56/h1-36H. The van der Waals surface area contributed by atoms with E-state index in [0.717, 1.165) is 22.7 Å². The molecule has 1 aromatic heterocycles. The maximum Gasteiger partial charge on any atom is 0.0619 e. The molecule has 0 fully saturated rings. The second-order valence-corrected chi connectivity index (χ2v) is 14.6. The molecule has 0 unspecified atom stereocenters. The van der Waals surface area contributed by atoms with Crippen LogP contribution in [0.1, 0.15) is 0 Å². The molecular formula is C54H36N2. The van der Waals surface area contributed by atoms with Crippen LogP contribution in [0.25, 0.3) is 82.1 Å². The number of hydrogen-bond acceptors (Lipinski definition) is 1. The zero-order valence-corrected chi connectivity index (χ0v) is 30.7. The largest absolute Gasteiger partial charge is 0.310 e. The zero-order valence-electron chi connectivity index (χ0n) is 30.7. The Balaban J connectivity index is 0.971. The summed E-state index contributed by atoms with van der Waals surface area (Å²) in [5.74, 6) is 0. The SMILES string of the molecule is c1ccc(N(c2ccc(-c3cccc4ccccc34)cc2)c2ccc3ccc(-c4ccc(-n5c6ccccc6c6ccc7ccccc7c65)cc4)cc3c2)cc1. The smallest absolute Gasteiger partial charge is 0.0619 e. The van der Waals surface area contributed by atoms with Gasteiger partial charge in [-0.1, -0.05) is 158 Å². The highest BCUT2D eigenvalue weighted by molar-refractivity contribution is 6.18. The van der Waals surface area contributed by atoms with Gasteiger partial charge in [-0.05, 0) is 110 Å². The average molecular weight is 713 g/mol. The fourth-order valence-corrected chi connectivity index (χ4v) is 8.65. The molecule has 0 saturated heterocycles. The number of rotatable bonds is 6. The van der Waals surface area contributed by atoms with E-state index in [2.05, 4.69) is 228 Å². The van der Waals surface area contributed by atoms with Crippen molar-refractivity contribution >= 4 is 71.2 Å². The molecule has 0 atom stereocenters. The van der Waals surface area contributed by atoms with E-state index in [4.69, 9.17) is 0 Å². The van der Waals surface area contributed by atoms with Crippen molar-refractivity contribution in [3.63, 3.8) is 0 Å². The minimum absolute atomic E-state index is 1.11. The molecule has 56 heavy (non-hydrogen) atoms. The fourth-order valence-electron chi connectivity index (χ4n) is 8.65. The van der Waals surface area contributed by atoms with Crippen molar-refractivity contribution in [3.8, 4) is 27.9 Å². The van der Waals surface area contributed by atoms with Crippen molar-refractivity contribution < 1.29 is 0 Å². The van der Waals surface area contributed by atoms with Crippen LogP contribution in [0.4, 0.5) is 17.1 Å². The van der Waals surface area contributed by atoms with Crippen LogP contribution in [-0.4, -0.2) is 4.57 Å². The van der Waals surface area contributed by atoms with Gasteiger partial charge in [0.05, 0.1) is 11.0 Å². The maximum atomic E-state index is 2.43. The summed E-state index contributed by atoms with van der Waals surface area (Å²) in [7, 11) is 0. The Hall–Kier alpha value is -7.42. The summed E-state index contributed by atoms with van der Waals surface area (Å²) in [6.45, 7) is 0. The first-order chi connectivity index (χ1) is 27.8. The second kappa shape index (κ2) is 13.2. The number of fused-ring (bicyclic) bond motifs is 7.